The molecule has 0 bridgehead atoms. The van der Waals surface area contributed by atoms with Gasteiger partial charge >= 0.3 is 0 Å². The van der Waals surface area contributed by atoms with Gasteiger partial charge < -0.3 is 10.0 Å². The molecule has 1 aliphatic rings. The standard InChI is InChI=1S/C12H24N2O4S/c1-12(2,9-15)13(3)11(16)10-7-5-6-8-14(10)19(4,17)18/h10,15H,5-9H2,1-4H3. The molecule has 7 heteroatoms. The summed E-state index contributed by atoms with van der Waals surface area (Å²) in [6, 6.07) is -0.639. The van der Waals surface area contributed by atoms with Crippen molar-refractivity contribution in [3.63, 3.8) is 0 Å². The van der Waals surface area contributed by atoms with E-state index in [0.29, 0.717) is 13.0 Å². The Kier molecular flexibility index (Phi) is 4.97. The zero-order valence-electron chi connectivity index (χ0n) is 12.1. The van der Waals surface area contributed by atoms with Crippen LogP contribution in [0.2, 0.25) is 0 Å². The first-order valence-corrected chi connectivity index (χ1v) is 8.31. The highest BCUT2D eigenvalue weighted by molar-refractivity contribution is 7.88. The molecule has 1 heterocycles. The van der Waals surface area contributed by atoms with Gasteiger partial charge in [0.2, 0.25) is 15.9 Å². The summed E-state index contributed by atoms with van der Waals surface area (Å²) in [6.45, 7) is 3.72. The maximum atomic E-state index is 12.5. The first-order valence-electron chi connectivity index (χ1n) is 6.46. The van der Waals surface area contributed by atoms with Crippen LogP contribution >= 0.6 is 0 Å². The van der Waals surface area contributed by atoms with Crippen LogP contribution in [0.3, 0.4) is 0 Å². The van der Waals surface area contributed by atoms with Crippen molar-refractivity contribution in [2.75, 3.05) is 26.5 Å². The first kappa shape index (κ1) is 16.4. The van der Waals surface area contributed by atoms with Crippen molar-refractivity contribution in [2.45, 2.75) is 44.7 Å². The Balaban J connectivity index is 2.96. The number of piperidine rings is 1. The molecule has 0 saturated carbocycles. The minimum absolute atomic E-state index is 0.166. The van der Waals surface area contributed by atoms with E-state index < -0.39 is 21.6 Å². The van der Waals surface area contributed by atoms with Gasteiger partial charge in [-0.2, -0.15) is 4.31 Å². The molecular weight excluding hydrogens is 268 g/mol. The van der Waals surface area contributed by atoms with Gasteiger partial charge in [0.15, 0.2) is 0 Å². The van der Waals surface area contributed by atoms with Gasteiger partial charge in [0, 0.05) is 13.6 Å². The van der Waals surface area contributed by atoms with Crippen LogP contribution < -0.4 is 0 Å². The Morgan fingerprint density at radius 3 is 2.47 bits per heavy atom. The number of nitrogens with zero attached hydrogens (tertiary/aromatic N) is 2. The van der Waals surface area contributed by atoms with Crippen LogP contribution in [0.4, 0.5) is 0 Å². The van der Waals surface area contributed by atoms with E-state index in [0.717, 1.165) is 19.1 Å². The number of sulfonamides is 1. The lowest BCUT2D eigenvalue weighted by Gasteiger charge is -2.40. The number of amides is 1. The van der Waals surface area contributed by atoms with Crippen molar-refractivity contribution in [3.05, 3.63) is 0 Å². The molecule has 0 aromatic carbocycles. The Morgan fingerprint density at radius 1 is 1.42 bits per heavy atom. The third kappa shape index (κ3) is 3.67. The van der Waals surface area contributed by atoms with Crippen molar-refractivity contribution in [1.82, 2.24) is 9.21 Å². The highest BCUT2D eigenvalue weighted by Gasteiger charge is 2.39. The van der Waals surface area contributed by atoms with Crippen molar-refractivity contribution in [2.24, 2.45) is 0 Å². The summed E-state index contributed by atoms with van der Waals surface area (Å²) in [4.78, 5) is 13.9. The number of aliphatic hydroxyl groups is 1. The van der Waals surface area contributed by atoms with Gasteiger partial charge in [-0.15, -0.1) is 0 Å². The Bertz CT molecular complexity index is 433. The molecule has 1 aliphatic heterocycles. The van der Waals surface area contributed by atoms with Crippen molar-refractivity contribution >= 4 is 15.9 Å². The maximum Gasteiger partial charge on any atom is 0.241 e. The van der Waals surface area contributed by atoms with E-state index in [1.807, 2.05) is 0 Å². The lowest BCUT2D eigenvalue weighted by Crippen LogP contribution is -2.57. The number of hydrogen-bond donors (Lipinski definition) is 1. The second-order valence-electron chi connectivity index (χ2n) is 5.75. The van der Waals surface area contributed by atoms with Crippen LogP contribution in [0.25, 0.3) is 0 Å². The topological polar surface area (TPSA) is 77.9 Å². The van der Waals surface area contributed by atoms with Gasteiger partial charge in [-0.05, 0) is 26.7 Å². The lowest BCUT2D eigenvalue weighted by molar-refractivity contribution is -0.141. The molecule has 1 atom stereocenters. The molecule has 0 aliphatic carbocycles. The number of carbonyl (C=O) groups is 1. The molecule has 0 spiro atoms. The fourth-order valence-corrected chi connectivity index (χ4v) is 3.30. The summed E-state index contributed by atoms with van der Waals surface area (Å²) >= 11 is 0. The largest absolute Gasteiger partial charge is 0.394 e. The maximum absolute atomic E-state index is 12.5. The lowest BCUT2D eigenvalue weighted by atomic mass is 9.99. The highest BCUT2D eigenvalue weighted by atomic mass is 32.2. The van der Waals surface area contributed by atoms with Gasteiger partial charge in [-0.1, -0.05) is 6.42 Å². The van der Waals surface area contributed by atoms with E-state index in [-0.39, 0.29) is 12.5 Å². The number of rotatable bonds is 4. The second-order valence-corrected chi connectivity index (χ2v) is 7.69. The minimum Gasteiger partial charge on any atom is -0.394 e. The molecule has 0 aromatic rings. The van der Waals surface area contributed by atoms with E-state index in [9.17, 15) is 18.3 Å². The number of hydrogen-bond acceptors (Lipinski definition) is 4. The predicted molar refractivity (Wildman–Crippen MR) is 73.1 cm³/mol. The molecular formula is C12H24N2O4S. The summed E-state index contributed by atoms with van der Waals surface area (Å²) < 4.78 is 24.8. The van der Waals surface area contributed by atoms with Crippen molar-refractivity contribution in [1.29, 1.82) is 0 Å². The molecule has 1 unspecified atom stereocenters. The molecule has 19 heavy (non-hydrogen) atoms. The van der Waals surface area contributed by atoms with Gasteiger partial charge in [-0.3, -0.25) is 4.79 Å². The van der Waals surface area contributed by atoms with Crippen LogP contribution in [0.1, 0.15) is 33.1 Å². The summed E-state index contributed by atoms with van der Waals surface area (Å²) in [6.07, 6.45) is 3.30. The average Bonchev–Trinajstić information content (AvgIpc) is 2.36. The minimum atomic E-state index is -3.38. The molecule has 1 amide bonds. The third-order valence-electron chi connectivity index (χ3n) is 3.79. The van der Waals surface area contributed by atoms with Crippen LogP contribution in [-0.4, -0.2) is 66.7 Å². The van der Waals surface area contributed by atoms with Gasteiger partial charge in [0.1, 0.15) is 6.04 Å². The fraction of sp³-hybridized carbons (Fsp3) is 0.917. The van der Waals surface area contributed by atoms with E-state index in [1.54, 1.807) is 20.9 Å². The number of aliphatic hydroxyl groups excluding tert-OH is 1. The monoisotopic (exact) mass is 292 g/mol. The van der Waals surface area contributed by atoms with E-state index >= 15 is 0 Å². The summed E-state index contributed by atoms with van der Waals surface area (Å²) in [5.41, 5.74) is -0.697. The smallest absolute Gasteiger partial charge is 0.241 e. The van der Waals surface area contributed by atoms with Crippen LogP contribution in [-0.2, 0) is 14.8 Å². The molecule has 1 N–H and O–H groups in total. The van der Waals surface area contributed by atoms with Crippen molar-refractivity contribution < 1.29 is 18.3 Å². The van der Waals surface area contributed by atoms with Crippen LogP contribution in [0, 0.1) is 0 Å². The zero-order chi connectivity index (χ0) is 14.8. The van der Waals surface area contributed by atoms with Gasteiger partial charge in [0.25, 0.3) is 0 Å². The fourth-order valence-electron chi connectivity index (χ4n) is 2.18. The predicted octanol–water partition coefficient (Wildman–Crippen LogP) is 0.0298. The Labute approximate surface area is 115 Å². The molecule has 0 aromatic heterocycles. The van der Waals surface area contributed by atoms with Crippen molar-refractivity contribution in [3.8, 4) is 0 Å². The molecule has 0 radical (unpaired) electrons. The molecule has 112 valence electrons. The van der Waals surface area contributed by atoms with Crippen LogP contribution in [0.15, 0.2) is 0 Å². The third-order valence-corrected chi connectivity index (χ3v) is 5.08. The quantitative estimate of drug-likeness (QED) is 0.793. The summed E-state index contributed by atoms with van der Waals surface area (Å²) in [5.74, 6) is -0.246. The van der Waals surface area contributed by atoms with Gasteiger partial charge in [0.05, 0.1) is 18.4 Å². The zero-order valence-corrected chi connectivity index (χ0v) is 12.9. The molecule has 1 fully saturated rings. The first-order chi connectivity index (χ1) is 8.61. The van der Waals surface area contributed by atoms with E-state index in [1.165, 1.54) is 9.21 Å². The molecule has 6 nitrogen and oxygen atoms in total. The Morgan fingerprint density at radius 2 is 2.00 bits per heavy atom. The summed E-state index contributed by atoms with van der Waals surface area (Å²) in [7, 11) is -1.78. The summed E-state index contributed by atoms with van der Waals surface area (Å²) in [5, 5.41) is 9.31. The highest BCUT2D eigenvalue weighted by Crippen LogP contribution is 2.23. The average molecular weight is 292 g/mol. The van der Waals surface area contributed by atoms with Crippen LogP contribution in [0.5, 0.6) is 0 Å². The Hall–Kier alpha value is -0.660. The van der Waals surface area contributed by atoms with E-state index in [4.69, 9.17) is 0 Å². The molecule has 1 rings (SSSR count). The second kappa shape index (κ2) is 5.76. The SMILES string of the molecule is CN(C(=O)C1CCCCN1S(C)(=O)=O)C(C)(C)CO. The van der Waals surface area contributed by atoms with E-state index in [2.05, 4.69) is 0 Å². The normalized spacial score (nSPS) is 22.3. The number of carbonyl (C=O) groups excluding carboxylic acids is 1. The molecule has 1 saturated heterocycles. The van der Waals surface area contributed by atoms with Gasteiger partial charge in [-0.25, -0.2) is 8.42 Å². The number of likely N-dealkylation sites (N-methyl/N-ethyl adjacent to an activating group) is 1.